The van der Waals surface area contributed by atoms with E-state index in [2.05, 4.69) is 11.9 Å². The molecule has 27 heavy (non-hydrogen) atoms. The number of nitrogens with zero attached hydrogens (tertiary/aromatic N) is 1. The lowest BCUT2D eigenvalue weighted by atomic mass is 9.98. The van der Waals surface area contributed by atoms with E-state index in [1.54, 1.807) is 18.1 Å². The highest BCUT2D eigenvalue weighted by molar-refractivity contribution is 6.06. The SMILES string of the molecule is C=CC(=O)N1CCCc2cc(C(=O)Nc3cc(C)cc(C)c3OC)ccc21. The predicted molar refractivity (Wildman–Crippen MR) is 108 cm³/mol. The molecular formula is C22H24N2O3. The second kappa shape index (κ2) is 7.66. The van der Waals surface area contributed by atoms with Crippen molar-refractivity contribution in [3.8, 4) is 5.75 Å². The molecule has 0 unspecified atom stereocenters. The topological polar surface area (TPSA) is 58.6 Å². The number of aryl methyl sites for hydroxylation is 3. The van der Waals surface area contributed by atoms with E-state index in [1.165, 1.54) is 6.08 Å². The summed E-state index contributed by atoms with van der Waals surface area (Å²) in [6.45, 7) is 8.16. The molecule has 0 aromatic heterocycles. The van der Waals surface area contributed by atoms with E-state index < -0.39 is 0 Å². The first-order valence-electron chi connectivity index (χ1n) is 8.98. The number of carbonyl (C=O) groups is 2. The van der Waals surface area contributed by atoms with Crippen molar-refractivity contribution in [1.29, 1.82) is 0 Å². The van der Waals surface area contributed by atoms with Crippen molar-refractivity contribution in [2.75, 3.05) is 23.9 Å². The monoisotopic (exact) mass is 364 g/mol. The zero-order valence-corrected chi connectivity index (χ0v) is 16.0. The van der Waals surface area contributed by atoms with Crippen LogP contribution in [0, 0.1) is 13.8 Å². The number of amides is 2. The van der Waals surface area contributed by atoms with E-state index in [1.807, 2.05) is 38.1 Å². The van der Waals surface area contributed by atoms with Gasteiger partial charge in [-0.3, -0.25) is 9.59 Å². The lowest BCUT2D eigenvalue weighted by molar-refractivity contribution is -0.114. The fourth-order valence-corrected chi connectivity index (χ4v) is 3.59. The zero-order chi connectivity index (χ0) is 19.6. The Bertz CT molecular complexity index is 918. The maximum absolute atomic E-state index is 12.8. The van der Waals surface area contributed by atoms with Gasteiger partial charge in [0.05, 0.1) is 12.8 Å². The normalized spacial score (nSPS) is 12.9. The fourth-order valence-electron chi connectivity index (χ4n) is 3.59. The van der Waals surface area contributed by atoms with Crippen LogP contribution in [0.15, 0.2) is 43.0 Å². The summed E-state index contributed by atoms with van der Waals surface area (Å²) in [6, 6.07) is 9.36. The molecule has 0 atom stereocenters. The van der Waals surface area contributed by atoms with Crippen molar-refractivity contribution >= 4 is 23.2 Å². The van der Waals surface area contributed by atoms with Gasteiger partial charge in [0.25, 0.3) is 5.91 Å². The van der Waals surface area contributed by atoms with Gasteiger partial charge in [-0.15, -0.1) is 0 Å². The quantitative estimate of drug-likeness (QED) is 0.834. The molecule has 0 bridgehead atoms. The van der Waals surface area contributed by atoms with Crippen LogP contribution in [0.5, 0.6) is 5.75 Å². The van der Waals surface area contributed by atoms with Crippen LogP contribution in [-0.2, 0) is 11.2 Å². The number of hydrogen-bond donors (Lipinski definition) is 1. The molecule has 0 fully saturated rings. The Morgan fingerprint density at radius 2 is 2.00 bits per heavy atom. The van der Waals surface area contributed by atoms with Gasteiger partial charge in [-0.2, -0.15) is 0 Å². The summed E-state index contributed by atoms with van der Waals surface area (Å²) < 4.78 is 5.44. The molecule has 2 aromatic carbocycles. The summed E-state index contributed by atoms with van der Waals surface area (Å²) in [6.07, 6.45) is 3.02. The third-order valence-corrected chi connectivity index (χ3v) is 4.77. The van der Waals surface area contributed by atoms with Gasteiger partial charge in [-0.05, 0) is 73.7 Å². The molecule has 1 heterocycles. The van der Waals surface area contributed by atoms with E-state index in [-0.39, 0.29) is 11.8 Å². The molecule has 2 amide bonds. The van der Waals surface area contributed by atoms with E-state index in [0.717, 1.165) is 35.2 Å². The molecule has 0 radical (unpaired) electrons. The van der Waals surface area contributed by atoms with Crippen LogP contribution >= 0.6 is 0 Å². The van der Waals surface area contributed by atoms with Crippen LogP contribution < -0.4 is 15.0 Å². The number of hydrogen-bond acceptors (Lipinski definition) is 3. The minimum absolute atomic E-state index is 0.117. The predicted octanol–water partition coefficient (Wildman–Crippen LogP) is 4.03. The average molecular weight is 364 g/mol. The molecule has 140 valence electrons. The second-order valence-corrected chi connectivity index (χ2v) is 6.76. The molecule has 5 heteroatoms. The maximum Gasteiger partial charge on any atom is 0.255 e. The van der Waals surface area contributed by atoms with Crippen molar-refractivity contribution in [3.63, 3.8) is 0 Å². The Morgan fingerprint density at radius 3 is 2.70 bits per heavy atom. The summed E-state index contributed by atoms with van der Waals surface area (Å²) in [5.74, 6) is 0.344. The van der Waals surface area contributed by atoms with Gasteiger partial charge in [0.1, 0.15) is 5.75 Å². The molecule has 0 spiro atoms. The zero-order valence-electron chi connectivity index (χ0n) is 16.0. The van der Waals surface area contributed by atoms with E-state index >= 15 is 0 Å². The van der Waals surface area contributed by atoms with Gasteiger partial charge in [0.2, 0.25) is 5.91 Å². The van der Waals surface area contributed by atoms with E-state index in [0.29, 0.717) is 23.5 Å². The summed E-state index contributed by atoms with van der Waals surface area (Å²) in [4.78, 5) is 26.5. The molecule has 1 aliphatic heterocycles. The lowest BCUT2D eigenvalue weighted by Crippen LogP contribution is -2.34. The Labute approximate surface area is 159 Å². The Balaban J connectivity index is 1.89. The number of fused-ring (bicyclic) bond motifs is 1. The number of carbonyl (C=O) groups excluding carboxylic acids is 2. The first kappa shape index (κ1) is 18.7. The third-order valence-electron chi connectivity index (χ3n) is 4.77. The molecule has 5 nitrogen and oxygen atoms in total. The molecule has 3 rings (SSSR count). The van der Waals surface area contributed by atoms with Crippen molar-refractivity contribution in [2.45, 2.75) is 26.7 Å². The summed E-state index contributed by atoms with van der Waals surface area (Å²) in [7, 11) is 1.59. The van der Waals surface area contributed by atoms with E-state index in [9.17, 15) is 9.59 Å². The minimum atomic E-state index is -0.201. The van der Waals surface area contributed by atoms with Gasteiger partial charge in [-0.25, -0.2) is 0 Å². The number of benzene rings is 2. The van der Waals surface area contributed by atoms with Crippen molar-refractivity contribution in [3.05, 3.63) is 65.2 Å². The number of rotatable bonds is 4. The van der Waals surface area contributed by atoms with Gasteiger partial charge in [-0.1, -0.05) is 12.6 Å². The standard InChI is InChI=1S/C22H24N2O3/c1-5-20(25)24-10-6-7-16-13-17(8-9-19(16)24)22(26)23-18-12-14(2)11-15(3)21(18)27-4/h5,8-9,11-13H,1,6-7,10H2,2-4H3,(H,23,26). The number of anilines is 2. The van der Waals surface area contributed by atoms with Crippen LogP contribution in [0.2, 0.25) is 0 Å². The smallest absolute Gasteiger partial charge is 0.255 e. The van der Waals surface area contributed by atoms with Gasteiger partial charge in [0.15, 0.2) is 0 Å². The number of nitrogens with one attached hydrogen (secondary N) is 1. The van der Waals surface area contributed by atoms with Crippen molar-refractivity contribution in [2.24, 2.45) is 0 Å². The molecule has 2 aromatic rings. The first-order chi connectivity index (χ1) is 12.9. The largest absolute Gasteiger partial charge is 0.494 e. The molecule has 0 saturated heterocycles. The molecule has 0 saturated carbocycles. The summed E-state index contributed by atoms with van der Waals surface area (Å²) >= 11 is 0. The average Bonchev–Trinajstić information content (AvgIpc) is 2.66. The molecular weight excluding hydrogens is 340 g/mol. The first-order valence-corrected chi connectivity index (χ1v) is 8.98. The van der Waals surface area contributed by atoms with Gasteiger partial charge < -0.3 is 15.0 Å². The minimum Gasteiger partial charge on any atom is -0.494 e. The van der Waals surface area contributed by atoms with Crippen LogP contribution in [0.25, 0.3) is 0 Å². The highest BCUT2D eigenvalue weighted by atomic mass is 16.5. The highest BCUT2D eigenvalue weighted by Crippen LogP contribution is 2.32. The van der Waals surface area contributed by atoms with Crippen LogP contribution in [-0.4, -0.2) is 25.5 Å². The lowest BCUT2D eigenvalue weighted by Gasteiger charge is -2.29. The van der Waals surface area contributed by atoms with Crippen LogP contribution in [0.3, 0.4) is 0 Å². The van der Waals surface area contributed by atoms with Gasteiger partial charge in [0, 0.05) is 17.8 Å². The maximum atomic E-state index is 12.8. The Hall–Kier alpha value is -3.08. The fraction of sp³-hybridized carbons (Fsp3) is 0.273. The highest BCUT2D eigenvalue weighted by Gasteiger charge is 2.22. The third kappa shape index (κ3) is 3.72. The van der Waals surface area contributed by atoms with Crippen molar-refractivity contribution < 1.29 is 14.3 Å². The Kier molecular flexibility index (Phi) is 5.31. The van der Waals surface area contributed by atoms with E-state index in [4.69, 9.17) is 4.74 Å². The van der Waals surface area contributed by atoms with Crippen LogP contribution in [0.4, 0.5) is 11.4 Å². The molecule has 0 aliphatic carbocycles. The van der Waals surface area contributed by atoms with Gasteiger partial charge >= 0.3 is 0 Å². The second-order valence-electron chi connectivity index (χ2n) is 6.76. The van der Waals surface area contributed by atoms with Crippen molar-refractivity contribution in [1.82, 2.24) is 0 Å². The number of ether oxygens (including phenoxy) is 1. The summed E-state index contributed by atoms with van der Waals surface area (Å²) in [5.41, 5.74) is 5.08. The summed E-state index contributed by atoms with van der Waals surface area (Å²) in [5, 5.41) is 2.95. The van der Waals surface area contributed by atoms with Crippen LogP contribution in [0.1, 0.15) is 33.5 Å². The Morgan fingerprint density at radius 1 is 1.22 bits per heavy atom. The molecule has 1 aliphatic rings. The molecule has 1 N–H and O–H groups in total. The number of methoxy groups -OCH3 is 1.